The second-order valence-corrected chi connectivity index (χ2v) is 7.22. The summed E-state index contributed by atoms with van der Waals surface area (Å²) in [5, 5.41) is 24.0. The molecule has 26 heavy (non-hydrogen) atoms. The fraction of sp³-hybridized carbons (Fsp3) is 0.200. The van der Waals surface area contributed by atoms with E-state index < -0.39 is 39.2 Å². The van der Waals surface area contributed by atoms with Gasteiger partial charge in [-0.2, -0.15) is 0 Å². The smallest absolute Gasteiger partial charge is 0.361 e. The minimum atomic E-state index is -0.932. The molecule has 0 spiro atoms. The quantitative estimate of drug-likeness (QED) is 0.138. The lowest BCUT2D eigenvalue weighted by atomic mass is 10.4. The van der Waals surface area contributed by atoms with Crippen molar-refractivity contribution in [3.05, 3.63) is 61.0 Å². The van der Waals surface area contributed by atoms with Crippen LogP contribution >= 0.6 is 92.8 Å². The maximum atomic E-state index is 10.8. The molecule has 0 aliphatic carbocycles. The van der Waals surface area contributed by atoms with Crippen LogP contribution in [0.15, 0.2) is 40.8 Å². The van der Waals surface area contributed by atoms with Crippen LogP contribution in [0.3, 0.4) is 0 Å². The van der Waals surface area contributed by atoms with Crippen LogP contribution in [0, 0.1) is 20.2 Å². The lowest BCUT2D eigenvalue weighted by Gasteiger charge is -2.12. The Bertz CT molecular complexity index is 650. The van der Waals surface area contributed by atoms with Crippen LogP contribution in [0.2, 0.25) is 0 Å². The molecular formula is C10H6Cl8N4O4. The third-order valence-corrected chi connectivity index (χ3v) is 4.79. The van der Waals surface area contributed by atoms with Crippen molar-refractivity contribution in [1.82, 2.24) is 10.6 Å². The average molecular weight is 530 g/mol. The van der Waals surface area contributed by atoms with Gasteiger partial charge in [0.2, 0.25) is 0 Å². The molecule has 0 aliphatic heterocycles. The molecule has 0 fully saturated rings. The third kappa shape index (κ3) is 8.14. The van der Waals surface area contributed by atoms with Gasteiger partial charge in [-0.05, 0) is 23.2 Å². The summed E-state index contributed by atoms with van der Waals surface area (Å²) in [7, 11) is 0. The molecule has 0 radical (unpaired) electrons. The largest absolute Gasteiger partial charge is 0.376 e. The molecule has 0 heterocycles. The van der Waals surface area contributed by atoms with Gasteiger partial charge in [-0.1, -0.05) is 69.6 Å². The molecule has 8 nitrogen and oxygen atoms in total. The predicted octanol–water partition coefficient (Wildman–Crippen LogP) is 5.31. The van der Waals surface area contributed by atoms with E-state index in [0.29, 0.717) is 0 Å². The van der Waals surface area contributed by atoms with Crippen LogP contribution in [0.4, 0.5) is 0 Å². The minimum Gasteiger partial charge on any atom is -0.376 e. The summed E-state index contributed by atoms with van der Waals surface area (Å²) in [5.41, 5.74) is -0.744. The summed E-state index contributed by atoms with van der Waals surface area (Å²) >= 11 is 44.5. The monoisotopic (exact) mass is 526 g/mol. The first-order valence-corrected chi connectivity index (χ1v) is 8.92. The standard InChI is InChI=1S/C10H6Cl8N4O4/c11-3(7(13)14)5(9(17)21(23)24)19-1-2-20-6(4(12)8(15)16)10(18)22(25)26/h19-20H,1-2H2/b9-5-,10-6+. The number of nitro groups is 2. The summed E-state index contributed by atoms with van der Waals surface area (Å²) in [4.78, 5) is 19.7. The van der Waals surface area contributed by atoms with Gasteiger partial charge in [-0.15, -0.1) is 0 Å². The highest BCUT2D eigenvalue weighted by atomic mass is 35.5. The fourth-order valence-electron chi connectivity index (χ4n) is 1.23. The Morgan fingerprint density at radius 3 is 1.12 bits per heavy atom. The number of nitrogens with zero attached hydrogens (tertiary/aromatic N) is 2. The molecule has 0 unspecified atom stereocenters. The SMILES string of the molecule is O=[N+]([O-])/C(Cl)=C(/NCCN/C(C(Cl)=C(Cl)Cl)=C(/Cl)[N+](=O)[O-])C(Cl)=C(Cl)Cl. The van der Waals surface area contributed by atoms with Gasteiger partial charge < -0.3 is 10.6 Å². The molecule has 0 aromatic carbocycles. The van der Waals surface area contributed by atoms with Crippen molar-refractivity contribution in [3.8, 4) is 0 Å². The number of rotatable bonds is 9. The van der Waals surface area contributed by atoms with Gasteiger partial charge in [0.1, 0.15) is 30.4 Å². The Morgan fingerprint density at radius 1 is 0.654 bits per heavy atom. The Kier molecular flexibility index (Phi) is 12.0. The van der Waals surface area contributed by atoms with Crippen molar-refractivity contribution in [1.29, 1.82) is 0 Å². The Labute approximate surface area is 186 Å². The highest BCUT2D eigenvalue weighted by molar-refractivity contribution is 6.60. The van der Waals surface area contributed by atoms with Gasteiger partial charge in [-0.3, -0.25) is 20.2 Å². The Hall–Kier alpha value is -0.320. The maximum Gasteiger partial charge on any atom is 0.361 e. The second-order valence-electron chi connectivity index (χ2n) is 3.85. The molecule has 16 heteroatoms. The maximum absolute atomic E-state index is 10.8. The average Bonchev–Trinajstić information content (AvgIpc) is 2.55. The van der Waals surface area contributed by atoms with E-state index in [9.17, 15) is 20.2 Å². The summed E-state index contributed by atoms with van der Waals surface area (Å²) in [6, 6.07) is 0. The van der Waals surface area contributed by atoms with E-state index in [0.717, 1.165) is 0 Å². The lowest BCUT2D eigenvalue weighted by Crippen LogP contribution is -2.29. The van der Waals surface area contributed by atoms with Gasteiger partial charge in [0.25, 0.3) is 0 Å². The van der Waals surface area contributed by atoms with Crippen molar-refractivity contribution in [2.45, 2.75) is 0 Å². The van der Waals surface area contributed by atoms with E-state index in [4.69, 9.17) is 92.8 Å². The lowest BCUT2D eigenvalue weighted by molar-refractivity contribution is -0.413. The van der Waals surface area contributed by atoms with E-state index in [-0.39, 0.29) is 24.5 Å². The molecule has 0 aromatic rings. The van der Waals surface area contributed by atoms with Gasteiger partial charge in [-0.25, -0.2) is 0 Å². The molecule has 2 N–H and O–H groups in total. The van der Waals surface area contributed by atoms with E-state index in [2.05, 4.69) is 10.6 Å². The zero-order chi connectivity index (χ0) is 20.6. The zero-order valence-electron chi connectivity index (χ0n) is 12.0. The molecule has 0 bridgehead atoms. The number of halogens is 8. The van der Waals surface area contributed by atoms with Crippen molar-refractivity contribution in [3.63, 3.8) is 0 Å². The van der Waals surface area contributed by atoms with E-state index in [1.54, 1.807) is 0 Å². The van der Waals surface area contributed by atoms with Gasteiger partial charge >= 0.3 is 10.3 Å². The minimum absolute atomic E-state index is 0.105. The molecule has 146 valence electrons. The highest BCUT2D eigenvalue weighted by Gasteiger charge is 2.22. The number of nitrogens with one attached hydrogen (secondary N) is 2. The van der Waals surface area contributed by atoms with E-state index >= 15 is 0 Å². The topological polar surface area (TPSA) is 110 Å². The zero-order valence-corrected chi connectivity index (χ0v) is 18.0. The first kappa shape index (κ1) is 25.7. The van der Waals surface area contributed by atoms with Gasteiger partial charge in [0, 0.05) is 13.1 Å². The molecule has 0 saturated carbocycles. The summed E-state index contributed by atoms with van der Waals surface area (Å²) in [6.45, 7) is -0.210. The summed E-state index contributed by atoms with van der Waals surface area (Å²) in [6.07, 6.45) is 0. The van der Waals surface area contributed by atoms with E-state index in [1.807, 2.05) is 0 Å². The van der Waals surface area contributed by atoms with Crippen LogP contribution in [0.1, 0.15) is 0 Å². The molecule has 0 aliphatic rings. The molecule has 0 saturated heterocycles. The molecule has 0 aromatic heterocycles. The normalized spacial score (nSPS) is 12.5. The molecular weight excluding hydrogens is 524 g/mol. The number of hydrogen-bond acceptors (Lipinski definition) is 6. The van der Waals surface area contributed by atoms with Crippen LogP contribution in [-0.4, -0.2) is 22.9 Å². The van der Waals surface area contributed by atoms with Crippen LogP contribution in [0.25, 0.3) is 0 Å². The van der Waals surface area contributed by atoms with Crippen molar-refractivity contribution in [2.24, 2.45) is 0 Å². The van der Waals surface area contributed by atoms with Gasteiger partial charge in [0.15, 0.2) is 0 Å². The predicted molar refractivity (Wildman–Crippen MR) is 105 cm³/mol. The van der Waals surface area contributed by atoms with Crippen molar-refractivity contribution < 1.29 is 9.85 Å². The first-order valence-electron chi connectivity index (χ1n) is 5.90. The molecule has 0 amide bonds. The first-order chi connectivity index (χ1) is 11.9. The van der Waals surface area contributed by atoms with Crippen LogP contribution < -0.4 is 10.6 Å². The fourth-order valence-corrected chi connectivity index (χ4v) is 2.34. The van der Waals surface area contributed by atoms with E-state index in [1.165, 1.54) is 0 Å². The Balaban J connectivity index is 5.36. The molecule has 0 atom stereocenters. The van der Waals surface area contributed by atoms with Crippen molar-refractivity contribution >= 4 is 92.8 Å². The third-order valence-electron chi connectivity index (χ3n) is 2.23. The molecule has 0 rings (SSSR count). The second kappa shape index (κ2) is 12.2. The van der Waals surface area contributed by atoms with Crippen molar-refractivity contribution in [2.75, 3.05) is 13.1 Å². The number of allylic oxidation sites excluding steroid dienone is 2. The Morgan fingerprint density at radius 2 is 0.923 bits per heavy atom. The summed E-state index contributed by atoms with van der Waals surface area (Å²) in [5.74, 6) is 0. The summed E-state index contributed by atoms with van der Waals surface area (Å²) < 4.78 is -0.946. The van der Waals surface area contributed by atoms with Gasteiger partial charge in [0.05, 0.1) is 9.85 Å². The van der Waals surface area contributed by atoms with Crippen LogP contribution in [-0.2, 0) is 0 Å². The highest BCUT2D eigenvalue weighted by Crippen LogP contribution is 2.28. The van der Waals surface area contributed by atoms with Crippen LogP contribution in [0.5, 0.6) is 0 Å². The number of hydrogen-bond donors (Lipinski definition) is 2.